The maximum atomic E-state index is 11.8. The molecule has 1 aromatic heterocycles. The fourth-order valence-corrected chi connectivity index (χ4v) is 3.17. The lowest BCUT2D eigenvalue weighted by molar-refractivity contribution is -0.125. The van der Waals surface area contributed by atoms with E-state index in [4.69, 9.17) is 9.26 Å². The van der Waals surface area contributed by atoms with Crippen molar-refractivity contribution in [2.45, 2.75) is 32.4 Å². The lowest BCUT2D eigenvalue weighted by Gasteiger charge is -2.19. The summed E-state index contributed by atoms with van der Waals surface area (Å²) in [5, 5.41) is 6.92. The van der Waals surface area contributed by atoms with E-state index in [9.17, 15) is 4.79 Å². The lowest BCUT2D eigenvalue weighted by Crippen LogP contribution is -2.42. The van der Waals surface area contributed by atoms with Crippen LogP contribution in [0.1, 0.15) is 24.6 Å². The van der Waals surface area contributed by atoms with Gasteiger partial charge in [0.15, 0.2) is 5.82 Å². The third kappa shape index (κ3) is 4.18. The zero-order valence-corrected chi connectivity index (χ0v) is 13.8. The van der Waals surface area contributed by atoms with Gasteiger partial charge in [0.05, 0.1) is 6.54 Å². The number of rotatable bonds is 6. The normalized spacial score (nSPS) is 25.0. The molecular formula is C14H23ClN4O3. The predicted octanol–water partition coefficient (Wildman–Crippen LogP) is 0.773. The van der Waals surface area contributed by atoms with Gasteiger partial charge in [0.2, 0.25) is 11.8 Å². The van der Waals surface area contributed by atoms with Gasteiger partial charge in [0.1, 0.15) is 6.61 Å². The molecule has 0 aromatic carbocycles. The molecule has 2 atom stereocenters. The summed E-state index contributed by atoms with van der Waals surface area (Å²) < 4.78 is 10.1. The Morgan fingerprint density at radius 2 is 2.23 bits per heavy atom. The fraction of sp³-hybridized carbons (Fsp3) is 0.786. The summed E-state index contributed by atoms with van der Waals surface area (Å²) in [6, 6.07) is 0.198. The summed E-state index contributed by atoms with van der Waals surface area (Å²) in [4.78, 5) is 18.3. The van der Waals surface area contributed by atoms with Crippen molar-refractivity contribution in [3.63, 3.8) is 0 Å². The highest BCUT2D eigenvalue weighted by Gasteiger charge is 2.43. The van der Waals surface area contributed by atoms with E-state index in [2.05, 4.69) is 20.4 Å². The van der Waals surface area contributed by atoms with E-state index in [1.807, 2.05) is 6.92 Å². The number of hydrogen-bond donors (Lipinski definition) is 1. The van der Waals surface area contributed by atoms with Crippen LogP contribution in [0.5, 0.6) is 0 Å². The van der Waals surface area contributed by atoms with Gasteiger partial charge in [-0.2, -0.15) is 4.98 Å². The van der Waals surface area contributed by atoms with E-state index < -0.39 is 0 Å². The number of carbonyl (C=O) groups excluding carboxylic acids is 1. The van der Waals surface area contributed by atoms with Crippen LogP contribution in [0, 0.1) is 18.8 Å². The Balaban J connectivity index is 0.00000176. The van der Waals surface area contributed by atoms with Crippen molar-refractivity contribution in [3.8, 4) is 0 Å². The molecular weight excluding hydrogens is 308 g/mol. The van der Waals surface area contributed by atoms with Gasteiger partial charge in [0.25, 0.3) is 0 Å². The maximum absolute atomic E-state index is 11.8. The topological polar surface area (TPSA) is 80.5 Å². The Morgan fingerprint density at radius 1 is 1.45 bits per heavy atom. The molecule has 1 saturated heterocycles. The van der Waals surface area contributed by atoms with Crippen LogP contribution in [0.2, 0.25) is 0 Å². The van der Waals surface area contributed by atoms with E-state index in [1.165, 1.54) is 20.0 Å². The second-order valence-corrected chi connectivity index (χ2v) is 6.04. The van der Waals surface area contributed by atoms with Crippen molar-refractivity contribution in [3.05, 3.63) is 11.7 Å². The minimum Gasteiger partial charge on any atom is -0.375 e. The summed E-state index contributed by atoms with van der Waals surface area (Å²) in [7, 11) is 1.54. The Kier molecular flexibility index (Phi) is 5.77. The molecule has 1 saturated carbocycles. The molecule has 1 aliphatic heterocycles. The molecule has 22 heavy (non-hydrogen) atoms. The monoisotopic (exact) mass is 330 g/mol. The van der Waals surface area contributed by atoms with E-state index >= 15 is 0 Å². The van der Waals surface area contributed by atoms with Crippen molar-refractivity contribution in [2.75, 3.05) is 26.8 Å². The largest absolute Gasteiger partial charge is 0.375 e. The van der Waals surface area contributed by atoms with Crippen molar-refractivity contribution in [1.82, 2.24) is 20.4 Å². The first kappa shape index (κ1) is 17.2. The average molecular weight is 331 g/mol. The number of aryl methyl sites for hydroxylation is 1. The Hall–Kier alpha value is -1.18. The number of carbonyl (C=O) groups is 1. The van der Waals surface area contributed by atoms with Crippen LogP contribution in [-0.4, -0.2) is 53.8 Å². The van der Waals surface area contributed by atoms with E-state index in [0.29, 0.717) is 24.2 Å². The number of ether oxygens (including phenoxy) is 1. The SMILES string of the molecule is COCC(=O)N[C@H]1CN(Cc2nc(C)no2)C[C@@H]1C1CC1.Cl. The first-order chi connectivity index (χ1) is 10.2. The quantitative estimate of drug-likeness (QED) is 0.830. The highest BCUT2D eigenvalue weighted by molar-refractivity contribution is 5.85. The molecule has 1 aromatic rings. The van der Waals surface area contributed by atoms with Gasteiger partial charge in [-0.3, -0.25) is 9.69 Å². The number of aromatic nitrogens is 2. The molecule has 0 spiro atoms. The van der Waals surface area contributed by atoms with Crippen molar-refractivity contribution >= 4 is 18.3 Å². The zero-order chi connectivity index (χ0) is 14.8. The average Bonchev–Trinajstić information content (AvgIpc) is 3.09. The van der Waals surface area contributed by atoms with Gasteiger partial charge < -0.3 is 14.6 Å². The smallest absolute Gasteiger partial charge is 0.246 e. The van der Waals surface area contributed by atoms with Crippen molar-refractivity contribution < 1.29 is 14.1 Å². The number of hydrogen-bond acceptors (Lipinski definition) is 6. The van der Waals surface area contributed by atoms with Gasteiger partial charge >= 0.3 is 0 Å². The van der Waals surface area contributed by atoms with Crippen molar-refractivity contribution in [2.24, 2.45) is 11.8 Å². The molecule has 124 valence electrons. The first-order valence-electron chi connectivity index (χ1n) is 7.45. The van der Waals surface area contributed by atoms with Crippen LogP contribution in [0.4, 0.5) is 0 Å². The first-order valence-corrected chi connectivity index (χ1v) is 7.45. The number of methoxy groups -OCH3 is 1. The van der Waals surface area contributed by atoms with Crippen LogP contribution in [0.3, 0.4) is 0 Å². The van der Waals surface area contributed by atoms with E-state index in [-0.39, 0.29) is 31.0 Å². The molecule has 2 fully saturated rings. The minimum atomic E-state index is -0.0383. The minimum absolute atomic E-state index is 0. The summed E-state index contributed by atoms with van der Waals surface area (Å²) in [5.74, 6) is 2.53. The van der Waals surface area contributed by atoms with Gasteiger partial charge in [-0.1, -0.05) is 5.16 Å². The molecule has 3 rings (SSSR count). The predicted molar refractivity (Wildman–Crippen MR) is 81.6 cm³/mol. The molecule has 7 nitrogen and oxygen atoms in total. The number of nitrogens with zero attached hydrogens (tertiary/aromatic N) is 3. The second kappa shape index (κ2) is 7.39. The van der Waals surface area contributed by atoms with Crippen LogP contribution < -0.4 is 5.32 Å². The molecule has 1 aliphatic carbocycles. The standard InChI is InChI=1S/C14H22N4O3.ClH/c1-9-15-14(21-17-9)7-18-5-11(10-3-4-10)12(6-18)16-13(19)8-20-2;/h10-12H,3-8H2,1-2H3,(H,16,19);1H/t11-,12+;/m1./s1. The zero-order valence-electron chi connectivity index (χ0n) is 12.9. The molecule has 0 unspecified atom stereocenters. The molecule has 0 bridgehead atoms. The van der Waals surface area contributed by atoms with Gasteiger partial charge in [-0.05, 0) is 31.6 Å². The number of likely N-dealkylation sites (tertiary alicyclic amines) is 1. The Labute approximate surface area is 136 Å². The summed E-state index contributed by atoms with van der Waals surface area (Å²) in [5.41, 5.74) is 0. The fourth-order valence-electron chi connectivity index (χ4n) is 3.17. The molecule has 0 radical (unpaired) electrons. The van der Waals surface area contributed by atoms with Crippen molar-refractivity contribution in [1.29, 1.82) is 0 Å². The molecule has 1 N–H and O–H groups in total. The van der Waals surface area contributed by atoms with Gasteiger partial charge in [-0.25, -0.2) is 0 Å². The molecule has 2 heterocycles. The van der Waals surface area contributed by atoms with Gasteiger partial charge in [-0.15, -0.1) is 12.4 Å². The molecule has 1 amide bonds. The van der Waals surface area contributed by atoms with E-state index in [0.717, 1.165) is 19.0 Å². The molecule has 2 aliphatic rings. The highest BCUT2D eigenvalue weighted by atomic mass is 35.5. The Morgan fingerprint density at radius 3 is 2.82 bits per heavy atom. The van der Waals surface area contributed by atoms with Gasteiger partial charge in [0, 0.05) is 26.2 Å². The summed E-state index contributed by atoms with van der Waals surface area (Å²) in [6.45, 7) is 4.40. The number of nitrogens with one attached hydrogen (secondary N) is 1. The highest BCUT2D eigenvalue weighted by Crippen LogP contribution is 2.41. The number of amides is 1. The third-order valence-electron chi connectivity index (χ3n) is 4.22. The van der Waals surface area contributed by atoms with Crippen LogP contribution in [-0.2, 0) is 16.1 Å². The van der Waals surface area contributed by atoms with Crippen LogP contribution in [0.15, 0.2) is 4.52 Å². The van der Waals surface area contributed by atoms with E-state index in [1.54, 1.807) is 0 Å². The second-order valence-electron chi connectivity index (χ2n) is 6.04. The Bertz CT molecular complexity index is 506. The molecule has 8 heteroatoms. The van der Waals surface area contributed by atoms with Crippen LogP contribution >= 0.6 is 12.4 Å². The summed E-state index contributed by atoms with van der Waals surface area (Å²) in [6.07, 6.45) is 2.55. The van der Waals surface area contributed by atoms with Crippen LogP contribution in [0.25, 0.3) is 0 Å². The maximum Gasteiger partial charge on any atom is 0.246 e. The number of halogens is 1. The third-order valence-corrected chi connectivity index (χ3v) is 4.22. The summed E-state index contributed by atoms with van der Waals surface area (Å²) >= 11 is 0. The lowest BCUT2D eigenvalue weighted by atomic mass is 9.98.